The molecule has 0 fully saturated rings. The van der Waals surface area contributed by atoms with Crippen molar-refractivity contribution in [3.05, 3.63) is 0 Å². The van der Waals surface area contributed by atoms with E-state index in [1.54, 1.807) is 41.5 Å². The van der Waals surface area contributed by atoms with E-state index in [9.17, 15) is 14.4 Å². The first-order valence-corrected chi connectivity index (χ1v) is 6.66. The molecule has 0 spiro atoms. The number of carbonyl (C=O) groups is 3. The second kappa shape index (κ2) is 6.72. The number of rotatable bonds is 5. The molecule has 0 aliphatic heterocycles. The zero-order valence-corrected chi connectivity index (χ0v) is 13.2. The number of carboxylic acid groups (broad SMARTS) is 1. The second-order valence-corrected chi connectivity index (χ2v) is 6.96. The minimum Gasteiger partial charge on any atom is -0.480 e. The van der Waals surface area contributed by atoms with Crippen LogP contribution in [0.2, 0.25) is 0 Å². The highest BCUT2D eigenvalue weighted by Gasteiger charge is 2.32. The normalized spacial score (nSPS) is 13.5. The Morgan fingerprint density at radius 2 is 1.55 bits per heavy atom. The minimum atomic E-state index is -1.07. The fourth-order valence-electron chi connectivity index (χ4n) is 1.44. The highest BCUT2D eigenvalue weighted by Crippen LogP contribution is 2.19. The van der Waals surface area contributed by atoms with Gasteiger partial charge in [-0.2, -0.15) is 0 Å². The second-order valence-electron chi connectivity index (χ2n) is 6.96. The molecule has 0 radical (unpaired) electrons. The van der Waals surface area contributed by atoms with Gasteiger partial charge in [-0.15, -0.1) is 0 Å². The third kappa shape index (κ3) is 6.54. The molecule has 0 aromatic heterocycles. The molecule has 1 atom stereocenters. The van der Waals surface area contributed by atoms with E-state index in [-0.39, 0.29) is 24.8 Å². The Balaban J connectivity index is 4.30. The number of hydrogen-bond acceptors (Lipinski definition) is 3. The van der Waals surface area contributed by atoms with Gasteiger partial charge in [-0.05, 0) is 5.41 Å². The lowest BCUT2D eigenvalue weighted by Crippen LogP contribution is -2.49. The molecular weight excluding hydrogens is 260 g/mol. The Kier molecular flexibility index (Phi) is 6.19. The predicted molar refractivity (Wildman–Crippen MR) is 76.1 cm³/mol. The third-order valence-electron chi connectivity index (χ3n) is 2.74. The number of amides is 2. The SMILES string of the molecule is CC(C)(C)C(=O)NCCC(=O)N[C@@H](C(=O)O)C(C)(C)C. The van der Waals surface area contributed by atoms with Gasteiger partial charge in [0.05, 0.1) is 0 Å². The summed E-state index contributed by atoms with van der Waals surface area (Å²) in [5.41, 5.74) is -1.08. The summed E-state index contributed by atoms with van der Waals surface area (Å²) in [6.07, 6.45) is 0.0572. The van der Waals surface area contributed by atoms with Gasteiger partial charge in [-0.25, -0.2) is 4.79 Å². The van der Waals surface area contributed by atoms with E-state index in [1.165, 1.54) is 0 Å². The first-order chi connectivity index (χ1) is 8.85. The van der Waals surface area contributed by atoms with Crippen molar-refractivity contribution < 1.29 is 19.5 Å². The van der Waals surface area contributed by atoms with Crippen molar-refractivity contribution in [2.45, 2.75) is 54.0 Å². The summed E-state index contributed by atoms with van der Waals surface area (Å²) in [5, 5.41) is 14.2. The first-order valence-electron chi connectivity index (χ1n) is 6.66. The number of hydrogen-bond donors (Lipinski definition) is 3. The first kappa shape index (κ1) is 18.4. The molecule has 0 aromatic carbocycles. The number of carbonyl (C=O) groups excluding carboxylic acids is 2. The van der Waals surface area contributed by atoms with Crippen LogP contribution >= 0.6 is 0 Å². The Labute approximate surface area is 120 Å². The molecular formula is C14H26N2O4. The topological polar surface area (TPSA) is 95.5 Å². The summed E-state index contributed by atoms with van der Waals surface area (Å²) in [6, 6.07) is -0.951. The smallest absolute Gasteiger partial charge is 0.326 e. The van der Waals surface area contributed by atoms with Crippen LogP contribution in [0.3, 0.4) is 0 Å². The molecule has 0 aliphatic carbocycles. The van der Waals surface area contributed by atoms with Gasteiger partial charge in [0.25, 0.3) is 0 Å². The third-order valence-corrected chi connectivity index (χ3v) is 2.74. The van der Waals surface area contributed by atoms with Crippen molar-refractivity contribution in [2.75, 3.05) is 6.54 Å². The fraction of sp³-hybridized carbons (Fsp3) is 0.786. The van der Waals surface area contributed by atoms with E-state index in [0.717, 1.165) is 0 Å². The lowest BCUT2D eigenvalue weighted by atomic mass is 9.86. The summed E-state index contributed by atoms with van der Waals surface area (Å²) < 4.78 is 0. The number of aliphatic carboxylic acids is 1. The molecule has 0 aliphatic rings. The van der Waals surface area contributed by atoms with E-state index in [1.807, 2.05) is 0 Å². The summed E-state index contributed by atoms with van der Waals surface area (Å²) in [6.45, 7) is 10.8. The Hall–Kier alpha value is -1.59. The molecule has 0 unspecified atom stereocenters. The number of nitrogens with one attached hydrogen (secondary N) is 2. The van der Waals surface area contributed by atoms with Crippen LogP contribution in [0.15, 0.2) is 0 Å². The van der Waals surface area contributed by atoms with Crippen LogP contribution < -0.4 is 10.6 Å². The molecule has 20 heavy (non-hydrogen) atoms. The number of carboxylic acids is 1. The average molecular weight is 286 g/mol. The van der Waals surface area contributed by atoms with Crippen molar-refractivity contribution in [3.8, 4) is 0 Å². The molecule has 0 heterocycles. The Morgan fingerprint density at radius 1 is 1.05 bits per heavy atom. The van der Waals surface area contributed by atoms with Crippen molar-refractivity contribution in [1.29, 1.82) is 0 Å². The zero-order valence-electron chi connectivity index (χ0n) is 13.2. The van der Waals surface area contributed by atoms with Gasteiger partial charge >= 0.3 is 5.97 Å². The van der Waals surface area contributed by atoms with E-state index >= 15 is 0 Å². The summed E-state index contributed by atoms with van der Waals surface area (Å²) in [4.78, 5) is 34.4. The predicted octanol–water partition coefficient (Wildman–Crippen LogP) is 1.15. The quantitative estimate of drug-likeness (QED) is 0.706. The lowest BCUT2D eigenvalue weighted by molar-refractivity contribution is -0.145. The molecule has 6 heteroatoms. The van der Waals surface area contributed by atoms with E-state index in [2.05, 4.69) is 10.6 Å². The van der Waals surface area contributed by atoms with Crippen molar-refractivity contribution in [1.82, 2.24) is 10.6 Å². The Morgan fingerprint density at radius 3 is 1.90 bits per heavy atom. The molecule has 116 valence electrons. The standard InChI is InChI=1S/C14H26N2O4/c1-13(2,3)10(11(18)19)16-9(17)7-8-15-12(20)14(4,5)6/h10H,7-8H2,1-6H3,(H,15,20)(H,16,17)(H,18,19)/t10-/m0/s1. The maximum atomic E-state index is 11.7. The van der Waals surface area contributed by atoms with Crippen molar-refractivity contribution in [3.63, 3.8) is 0 Å². The van der Waals surface area contributed by atoms with Crippen LogP contribution in [0.1, 0.15) is 48.0 Å². The zero-order chi connectivity index (χ0) is 16.1. The summed E-state index contributed by atoms with van der Waals surface area (Å²) in [7, 11) is 0. The van der Waals surface area contributed by atoms with Gasteiger partial charge in [0.1, 0.15) is 6.04 Å². The minimum absolute atomic E-state index is 0.0572. The van der Waals surface area contributed by atoms with Gasteiger partial charge in [0.2, 0.25) is 11.8 Å². The van der Waals surface area contributed by atoms with Gasteiger partial charge in [-0.3, -0.25) is 9.59 Å². The van der Waals surface area contributed by atoms with Crippen LogP contribution in [-0.4, -0.2) is 35.5 Å². The molecule has 0 saturated carbocycles. The van der Waals surface area contributed by atoms with Crippen molar-refractivity contribution in [2.24, 2.45) is 10.8 Å². The monoisotopic (exact) mass is 286 g/mol. The molecule has 0 bridgehead atoms. The van der Waals surface area contributed by atoms with Gasteiger partial charge < -0.3 is 15.7 Å². The van der Waals surface area contributed by atoms with E-state index < -0.39 is 22.8 Å². The fourth-order valence-corrected chi connectivity index (χ4v) is 1.44. The molecule has 6 nitrogen and oxygen atoms in total. The largest absolute Gasteiger partial charge is 0.480 e. The Bertz CT molecular complexity index is 378. The van der Waals surface area contributed by atoms with E-state index in [4.69, 9.17) is 5.11 Å². The van der Waals surface area contributed by atoms with Gasteiger partial charge in [0.15, 0.2) is 0 Å². The van der Waals surface area contributed by atoms with Crippen LogP contribution in [0.5, 0.6) is 0 Å². The lowest BCUT2D eigenvalue weighted by Gasteiger charge is -2.27. The van der Waals surface area contributed by atoms with Crippen molar-refractivity contribution >= 4 is 17.8 Å². The average Bonchev–Trinajstić information content (AvgIpc) is 2.22. The summed E-state index contributed by atoms with van der Waals surface area (Å²) in [5.74, 6) is -1.60. The molecule has 2 amide bonds. The van der Waals surface area contributed by atoms with Gasteiger partial charge in [0, 0.05) is 18.4 Å². The van der Waals surface area contributed by atoms with Gasteiger partial charge in [-0.1, -0.05) is 41.5 Å². The molecule has 3 N–H and O–H groups in total. The summed E-state index contributed by atoms with van der Waals surface area (Å²) >= 11 is 0. The maximum absolute atomic E-state index is 11.7. The maximum Gasteiger partial charge on any atom is 0.326 e. The molecule has 0 aromatic rings. The van der Waals surface area contributed by atoms with E-state index in [0.29, 0.717) is 0 Å². The highest BCUT2D eigenvalue weighted by molar-refractivity contribution is 5.85. The van der Waals surface area contributed by atoms with Crippen LogP contribution in [0, 0.1) is 10.8 Å². The van der Waals surface area contributed by atoms with Crippen LogP contribution in [-0.2, 0) is 14.4 Å². The molecule has 0 saturated heterocycles. The van der Waals surface area contributed by atoms with Crippen LogP contribution in [0.25, 0.3) is 0 Å². The highest BCUT2D eigenvalue weighted by atomic mass is 16.4. The molecule has 0 rings (SSSR count). The van der Waals surface area contributed by atoms with Crippen LogP contribution in [0.4, 0.5) is 0 Å².